The number of fused-ring (bicyclic) bond motifs is 1. The largest absolute Gasteiger partial charge is 0.495 e. The number of benzene rings is 1. The topological polar surface area (TPSA) is 25.0 Å². The monoisotopic (exact) mass is 179 g/mol. The molecule has 0 radical (unpaired) electrons. The Hall–Kier alpha value is -1.51. The van der Waals surface area contributed by atoms with Gasteiger partial charge < -0.3 is 9.72 Å². The lowest BCUT2D eigenvalue weighted by molar-refractivity contribution is 0.418. The Labute approximate surface area is 75.3 Å². The first-order valence-electron chi connectivity index (χ1n) is 4.04. The summed E-state index contributed by atoms with van der Waals surface area (Å²) in [7, 11) is 1.57. The second-order valence-electron chi connectivity index (χ2n) is 2.97. The maximum Gasteiger partial charge on any atom is 0.143 e. The Kier molecular flexibility index (Phi) is 1.72. The molecule has 0 spiro atoms. The molecule has 13 heavy (non-hydrogen) atoms. The van der Waals surface area contributed by atoms with Gasteiger partial charge in [0, 0.05) is 11.6 Å². The Morgan fingerprint density at radius 3 is 2.85 bits per heavy atom. The van der Waals surface area contributed by atoms with E-state index in [-0.39, 0.29) is 5.82 Å². The zero-order valence-corrected chi connectivity index (χ0v) is 7.52. The van der Waals surface area contributed by atoms with E-state index < -0.39 is 0 Å². The number of aromatic amines is 1. The second kappa shape index (κ2) is 2.76. The summed E-state index contributed by atoms with van der Waals surface area (Å²) >= 11 is 0. The summed E-state index contributed by atoms with van der Waals surface area (Å²) in [5, 5.41) is 0.611. The van der Waals surface area contributed by atoms with Crippen LogP contribution in [-0.2, 0) is 0 Å². The van der Waals surface area contributed by atoms with Crippen LogP contribution in [0.5, 0.6) is 5.75 Å². The first-order chi connectivity index (χ1) is 6.24. The molecule has 0 saturated carbocycles. The van der Waals surface area contributed by atoms with E-state index in [0.717, 1.165) is 11.1 Å². The van der Waals surface area contributed by atoms with Gasteiger partial charge in [0.25, 0.3) is 0 Å². The molecule has 1 aromatic carbocycles. The highest BCUT2D eigenvalue weighted by atomic mass is 19.1. The lowest BCUT2D eigenvalue weighted by atomic mass is 10.2. The number of methoxy groups -OCH3 is 1. The summed E-state index contributed by atoms with van der Waals surface area (Å²) in [6.07, 6.45) is 1.77. The van der Waals surface area contributed by atoms with E-state index in [1.807, 2.05) is 6.92 Å². The molecule has 0 saturated heterocycles. The number of nitrogens with one attached hydrogen (secondary N) is 1. The third kappa shape index (κ3) is 1.08. The van der Waals surface area contributed by atoms with Crippen molar-refractivity contribution in [2.45, 2.75) is 6.92 Å². The zero-order valence-electron chi connectivity index (χ0n) is 7.52. The second-order valence-corrected chi connectivity index (χ2v) is 2.97. The van der Waals surface area contributed by atoms with Gasteiger partial charge in [-0.3, -0.25) is 0 Å². The molecule has 2 nitrogen and oxygen atoms in total. The summed E-state index contributed by atoms with van der Waals surface area (Å²) in [6, 6.07) is 3.04. The van der Waals surface area contributed by atoms with E-state index in [0.29, 0.717) is 11.1 Å². The molecule has 0 aliphatic heterocycles. The molecule has 0 fully saturated rings. The molecule has 68 valence electrons. The van der Waals surface area contributed by atoms with Crippen LogP contribution in [0.3, 0.4) is 0 Å². The number of aromatic nitrogens is 1. The van der Waals surface area contributed by atoms with Gasteiger partial charge in [-0.1, -0.05) is 0 Å². The SMILES string of the molecule is COc1ccc(F)c2c(C)c[nH]c12. The van der Waals surface area contributed by atoms with Crippen LogP contribution in [0.25, 0.3) is 10.9 Å². The van der Waals surface area contributed by atoms with Gasteiger partial charge in [-0.2, -0.15) is 0 Å². The normalized spacial score (nSPS) is 10.7. The van der Waals surface area contributed by atoms with Crippen LogP contribution < -0.4 is 4.74 Å². The molecule has 1 heterocycles. The van der Waals surface area contributed by atoms with E-state index in [1.165, 1.54) is 6.07 Å². The first kappa shape index (κ1) is 8.10. The summed E-state index contributed by atoms with van der Waals surface area (Å²) in [5.41, 5.74) is 1.62. The van der Waals surface area contributed by atoms with Gasteiger partial charge in [-0.05, 0) is 24.6 Å². The fraction of sp³-hybridized carbons (Fsp3) is 0.200. The molecule has 0 aliphatic rings. The average Bonchev–Trinajstić information content (AvgIpc) is 2.50. The van der Waals surface area contributed by atoms with Gasteiger partial charge in [0.15, 0.2) is 0 Å². The number of ether oxygens (including phenoxy) is 1. The molecule has 0 amide bonds. The van der Waals surface area contributed by atoms with Crippen LogP contribution in [0.4, 0.5) is 4.39 Å². The van der Waals surface area contributed by atoms with Crippen molar-refractivity contribution in [2.24, 2.45) is 0 Å². The number of aryl methyl sites for hydroxylation is 1. The predicted molar refractivity (Wildman–Crippen MR) is 49.5 cm³/mol. The number of H-pyrrole nitrogens is 1. The van der Waals surface area contributed by atoms with Crippen LogP contribution >= 0.6 is 0 Å². The van der Waals surface area contributed by atoms with Gasteiger partial charge in [-0.15, -0.1) is 0 Å². The van der Waals surface area contributed by atoms with E-state index in [2.05, 4.69) is 4.98 Å². The lowest BCUT2D eigenvalue weighted by Crippen LogP contribution is -1.86. The van der Waals surface area contributed by atoms with Crippen molar-refractivity contribution >= 4 is 10.9 Å². The van der Waals surface area contributed by atoms with Crippen LogP contribution in [0.1, 0.15) is 5.56 Å². The molecule has 0 unspecified atom stereocenters. The summed E-state index contributed by atoms with van der Waals surface area (Å²) < 4.78 is 18.4. The van der Waals surface area contributed by atoms with Gasteiger partial charge >= 0.3 is 0 Å². The first-order valence-corrected chi connectivity index (χ1v) is 4.04. The summed E-state index contributed by atoms with van der Waals surface area (Å²) in [6.45, 7) is 1.86. The van der Waals surface area contributed by atoms with Crippen molar-refractivity contribution in [2.75, 3.05) is 7.11 Å². The standard InChI is InChI=1S/C10H10FNO/c1-6-5-12-10-8(13-2)4-3-7(11)9(6)10/h3-5,12H,1-2H3. The van der Waals surface area contributed by atoms with Crippen LogP contribution in [0.2, 0.25) is 0 Å². The Bertz CT molecular complexity index is 447. The molecule has 0 atom stereocenters. The molecule has 3 heteroatoms. The number of hydrogen-bond donors (Lipinski definition) is 1. The smallest absolute Gasteiger partial charge is 0.143 e. The van der Waals surface area contributed by atoms with Crippen LogP contribution in [0.15, 0.2) is 18.3 Å². The maximum absolute atomic E-state index is 13.3. The van der Waals surface area contributed by atoms with Gasteiger partial charge in [-0.25, -0.2) is 4.39 Å². The van der Waals surface area contributed by atoms with Gasteiger partial charge in [0.05, 0.1) is 12.6 Å². The molecule has 1 N–H and O–H groups in total. The van der Waals surface area contributed by atoms with Gasteiger partial charge in [0.2, 0.25) is 0 Å². The Balaban J connectivity index is 2.87. The molecule has 2 rings (SSSR count). The minimum atomic E-state index is -0.213. The van der Waals surface area contributed by atoms with Crippen molar-refractivity contribution < 1.29 is 9.13 Å². The third-order valence-corrected chi connectivity index (χ3v) is 2.16. The van der Waals surface area contributed by atoms with E-state index >= 15 is 0 Å². The molecular weight excluding hydrogens is 169 g/mol. The predicted octanol–water partition coefficient (Wildman–Crippen LogP) is 2.62. The highest BCUT2D eigenvalue weighted by molar-refractivity contribution is 5.88. The molecule has 1 aromatic heterocycles. The van der Waals surface area contributed by atoms with E-state index in [9.17, 15) is 4.39 Å². The lowest BCUT2D eigenvalue weighted by Gasteiger charge is -2.01. The minimum absolute atomic E-state index is 0.213. The summed E-state index contributed by atoms with van der Waals surface area (Å²) in [4.78, 5) is 2.98. The molecule has 0 aliphatic carbocycles. The zero-order chi connectivity index (χ0) is 9.42. The van der Waals surface area contributed by atoms with Crippen molar-refractivity contribution in [1.82, 2.24) is 4.98 Å². The van der Waals surface area contributed by atoms with Crippen molar-refractivity contribution in [3.63, 3.8) is 0 Å². The molecular formula is C10H10FNO. The third-order valence-electron chi connectivity index (χ3n) is 2.16. The number of rotatable bonds is 1. The highest BCUT2D eigenvalue weighted by Crippen LogP contribution is 2.28. The van der Waals surface area contributed by atoms with Gasteiger partial charge in [0.1, 0.15) is 11.6 Å². The fourth-order valence-corrected chi connectivity index (χ4v) is 1.51. The molecule has 0 bridgehead atoms. The highest BCUT2D eigenvalue weighted by Gasteiger charge is 2.09. The molecule has 2 aromatic rings. The average molecular weight is 179 g/mol. The number of hydrogen-bond acceptors (Lipinski definition) is 1. The Morgan fingerprint density at radius 2 is 2.15 bits per heavy atom. The van der Waals surface area contributed by atoms with E-state index in [4.69, 9.17) is 4.74 Å². The van der Waals surface area contributed by atoms with Crippen molar-refractivity contribution in [3.8, 4) is 5.75 Å². The summed E-state index contributed by atoms with van der Waals surface area (Å²) in [5.74, 6) is 0.457. The maximum atomic E-state index is 13.3. The van der Waals surface area contributed by atoms with Crippen molar-refractivity contribution in [1.29, 1.82) is 0 Å². The van der Waals surface area contributed by atoms with E-state index in [1.54, 1.807) is 19.4 Å². The quantitative estimate of drug-likeness (QED) is 0.715. The Morgan fingerprint density at radius 1 is 1.38 bits per heavy atom. The fourth-order valence-electron chi connectivity index (χ4n) is 1.51. The van der Waals surface area contributed by atoms with Crippen molar-refractivity contribution in [3.05, 3.63) is 29.7 Å². The van der Waals surface area contributed by atoms with Crippen LogP contribution in [-0.4, -0.2) is 12.1 Å². The van der Waals surface area contributed by atoms with Crippen LogP contribution in [0, 0.1) is 12.7 Å². The minimum Gasteiger partial charge on any atom is -0.495 e. The number of halogens is 1.